The van der Waals surface area contributed by atoms with E-state index in [4.69, 9.17) is 5.73 Å². The number of fused-ring (bicyclic) bond motifs is 1. The standard InChI is InChI=1S/C11H12N2O2S2/c1-3-6-17(14,15)11-13-9-5-4-8(12)7(2)10(9)16-11/h3-5H,1,6,12H2,2H3. The van der Waals surface area contributed by atoms with Gasteiger partial charge in [0.1, 0.15) is 0 Å². The number of anilines is 1. The number of sulfone groups is 1. The fraction of sp³-hybridized carbons (Fsp3) is 0.182. The Labute approximate surface area is 104 Å². The van der Waals surface area contributed by atoms with E-state index in [2.05, 4.69) is 11.6 Å². The van der Waals surface area contributed by atoms with Crippen molar-refractivity contribution in [2.24, 2.45) is 0 Å². The van der Waals surface area contributed by atoms with Crippen LogP contribution in [-0.4, -0.2) is 19.2 Å². The number of aromatic nitrogens is 1. The Bertz CT molecular complexity index is 687. The summed E-state index contributed by atoms with van der Waals surface area (Å²) in [5.74, 6) is -0.0959. The number of thiazole rings is 1. The Morgan fingerprint density at radius 3 is 2.88 bits per heavy atom. The van der Waals surface area contributed by atoms with Crippen LogP contribution in [0, 0.1) is 6.92 Å². The molecule has 1 heterocycles. The van der Waals surface area contributed by atoms with E-state index < -0.39 is 9.84 Å². The lowest BCUT2D eigenvalue weighted by molar-refractivity contribution is 0.598. The normalized spacial score (nSPS) is 11.8. The molecule has 0 bridgehead atoms. The van der Waals surface area contributed by atoms with Crippen LogP contribution < -0.4 is 5.73 Å². The average Bonchev–Trinajstić information content (AvgIpc) is 2.69. The molecule has 1 aromatic heterocycles. The molecule has 0 aliphatic rings. The summed E-state index contributed by atoms with van der Waals surface area (Å²) in [6.45, 7) is 5.30. The van der Waals surface area contributed by atoms with E-state index in [-0.39, 0.29) is 10.1 Å². The summed E-state index contributed by atoms with van der Waals surface area (Å²) in [4.78, 5) is 4.13. The summed E-state index contributed by atoms with van der Waals surface area (Å²) in [5, 5.41) is 0. The van der Waals surface area contributed by atoms with E-state index in [0.717, 1.165) is 21.6 Å². The number of rotatable bonds is 3. The molecule has 17 heavy (non-hydrogen) atoms. The number of nitrogen functional groups attached to an aromatic ring is 1. The highest BCUT2D eigenvalue weighted by Gasteiger charge is 2.19. The number of nitrogens with zero attached hydrogens (tertiary/aromatic N) is 1. The molecule has 90 valence electrons. The second-order valence-corrected chi connectivity index (χ2v) is 6.88. The first-order valence-electron chi connectivity index (χ1n) is 4.95. The summed E-state index contributed by atoms with van der Waals surface area (Å²) in [6, 6.07) is 3.47. The zero-order chi connectivity index (χ0) is 12.6. The predicted molar refractivity (Wildman–Crippen MR) is 71.0 cm³/mol. The first-order valence-corrected chi connectivity index (χ1v) is 7.42. The summed E-state index contributed by atoms with van der Waals surface area (Å²) in [5.41, 5.74) is 7.97. The SMILES string of the molecule is C=CCS(=O)(=O)c1nc2ccc(N)c(C)c2s1. The highest BCUT2D eigenvalue weighted by molar-refractivity contribution is 7.93. The highest BCUT2D eigenvalue weighted by Crippen LogP contribution is 2.31. The van der Waals surface area contributed by atoms with Crippen molar-refractivity contribution in [1.29, 1.82) is 0 Å². The van der Waals surface area contributed by atoms with Gasteiger partial charge in [-0.1, -0.05) is 6.08 Å². The van der Waals surface area contributed by atoms with Crippen molar-refractivity contribution in [2.75, 3.05) is 11.5 Å². The van der Waals surface area contributed by atoms with Gasteiger partial charge in [-0.05, 0) is 24.6 Å². The first-order chi connectivity index (χ1) is 7.95. The number of hydrogen-bond donors (Lipinski definition) is 1. The maximum Gasteiger partial charge on any atom is 0.210 e. The van der Waals surface area contributed by atoms with Gasteiger partial charge in [-0.3, -0.25) is 0 Å². The molecule has 0 saturated carbocycles. The van der Waals surface area contributed by atoms with Crippen molar-refractivity contribution in [3.8, 4) is 0 Å². The van der Waals surface area contributed by atoms with Gasteiger partial charge in [-0.2, -0.15) is 0 Å². The van der Waals surface area contributed by atoms with E-state index in [1.807, 2.05) is 6.92 Å². The lowest BCUT2D eigenvalue weighted by atomic mass is 10.2. The van der Waals surface area contributed by atoms with Crippen LogP contribution in [0.3, 0.4) is 0 Å². The quantitative estimate of drug-likeness (QED) is 0.683. The molecule has 0 saturated heterocycles. The average molecular weight is 268 g/mol. The third kappa shape index (κ3) is 2.05. The molecule has 2 aromatic rings. The smallest absolute Gasteiger partial charge is 0.210 e. The van der Waals surface area contributed by atoms with Gasteiger partial charge in [0.05, 0.1) is 16.0 Å². The second kappa shape index (κ2) is 4.12. The second-order valence-electron chi connectivity index (χ2n) is 3.68. The van der Waals surface area contributed by atoms with E-state index in [1.54, 1.807) is 12.1 Å². The third-order valence-electron chi connectivity index (χ3n) is 2.43. The highest BCUT2D eigenvalue weighted by atomic mass is 32.2. The van der Waals surface area contributed by atoms with Crippen LogP contribution in [0.4, 0.5) is 5.69 Å². The predicted octanol–water partition coefficient (Wildman–Crippen LogP) is 2.15. The van der Waals surface area contributed by atoms with Crippen LogP contribution in [-0.2, 0) is 9.84 Å². The van der Waals surface area contributed by atoms with Crippen LogP contribution in [0.2, 0.25) is 0 Å². The van der Waals surface area contributed by atoms with Crippen molar-refractivity contribution in [3.63, 3.8) is 0 Å². The van der Waals surface area contributed by atoms with Gasteiger partial charge >= 0.3 is 0 Å². The number of hydrogen-bond acceptors (Lipinski definition) is 5. The molecule has 0 aliphatic carbocycles. The third-order valence-corrected chi connectivity index (χ3v) is 5.73. The van der Waals surface area contributed by atoms with Crippen molar-refractivity contribution >= 4 is 37.1 Å². The molecular formula is C11H12N2O2S2. The van der Waals surface area contributed by atoms with Crippen molar-refractivity contribution in [2.45, 2.75) is 11.3 Å². The molecular weight excluding hydrogens is 256 g/mol. The summed E-state index contributed by atoms with van der Waals surface area (Å²) in [6.07, 6.45) is 1.36. The van der Waals surface area contributed by atoms with E-state index >= 15 is 0 Å². The number of nitrogens with two attached hydrogens (primary N) is 1. The topological polar surface area (TPSA) is 73.0 Å². The van der Waals surface area contributed by atoms with Crippen LogP contribution >= 0.6 is 11.3 Å². The molecule has 0 aliphatic heterocycles. The Morgan fingerprint density at radius 1 is 1.53 bits per heavy atom. The first kappa shape index (κ1) is 12.1. The fourth-order valence-electron chi connectivity index (χ4n) is 1.48. The van der Waals surface area contributed by atoms with Crippen LogP contribution in [0.25, 0.3) is 10.2 Å². The van der Waals surface area contributed by atoms with Gasteiger partial charge in [0.25, 0.3) is 0 Å². The molecule has 0 radical (unpaired) electrons. The van der Waals surface area contributed by atoms with E-state index in [9.17, 15) is 8.42 Å². The van der Waals surface area contributed by atoms with E-state index in [1.165, 1.54) is 6.08 Å². The van der Waals surface area contributed by atoms with Gasteiger partial charge in [0, 0.05) is 5.69 Å². The Kier molecular flexibility index (Phi) is 2.92. The van der Waals surface area contributed by atoms with Crippen LogP contribution in [0.1, 0.15) is 5.56 Å². The van der Waals surface area contributed by atoms with Crippen molar-refractivity contribution in [3.05, 3.63) is 30.4 Å². The Hall–Kier alpha value is -1.40. The molecule has 0 atom stereocenters. The minimum Gasteiger partial charge on any atom is -0.398 e. The fourth-order valence-corrected chi connectivity index (χ4v) is 3.94. The summed E-state index contributed by atoms with van der Waals surface area (Å²) in [7, 11) is -3.35. The molecule has 0 amide bonds. The Morgan fingerprint density at radius 2 is 2.24 bits per heavy atom. The summed E-state index contributed by atoms with van der Waals surface area (Å²) < 4.78 is 24.6. The van der Waals surface area contributed by atoms with Gasteiger partial charge in [0.2, 0.25) is 14.2 Å². The molecule has 0 unspecified atom stereocenters. The molecule has 2 N–H and O–H groups in total. The lowest BCUT2D eigenvalue weighted by Gasteiger charge is -1.98. The largest absolute Gasteiger partial charge is 0.398 e. The zero-order valence-electron chi connectivity index (χ0n) is 9.30. The van der Waals surface area contributed by atoms with Gasteiger partial charge in [-0.25, -0.2) is 13.4 Å². The molecule has 6 heteroatoms. The molecule has 4 nitrogen and oxygen atoms in total. The van der Waals surface area contributed by atoms with Crippen LogP contribution in [0.5, 0.6) is 0 Å². The maximum absolute atomic E-state index is 11.8. The van der Waals surface area contributed by atoms with E-state index in [0.29, 0.717) is 11.2 Å². The van der Waals surface area contributed by atoms with Crippen molar-refractivity contribution in [1.82, 2.24) is 4.98 Å². The molecule has 1 aromatic carbocycles. The molecule has 0 fully saturated rings. The minimum atomic E-state index is -3.35. The maximum atomic E-state index is 11.8. The molecule has 2 rings (SSSR count). The molecule has 0 spiro atoms. The number of benzene rings is 1. The lowest BCUT2D eigenvalue weighted by Crippen LogP contribution is -2.03. The van der Waals surface area contributed by atoms with Gasteiger partial charge in [0.15, 0.2) is 0 Å². The van der Waals surface area contributed by atoms with Gasteiger partial charge < -0.3 is 5.73 Å². The zero-order valence-corrected chi connectivity index (χ0v) is 10.9. The Balaban J connectivity index is 2.68. The minimum absolute atomic E-state index is 0.0959. The van der Waals surface area contributed by atoms with Crippen molar-refractivity contribution < 1.29 is 8.42 Å². The summed E-state index contributed by atoms with van der Waals surface area (Å²) >= 11 is 1.16. The number of aryl methyl sites for hydroxylation is 1. The van der Waals surface area contributed by atoms with Gasteiger partial charge in [-0.15, -0.1) is 17.9 Å². The van der Waals surface area contributed by atoms with Crippen LogP contribution in [0.15, 0.2) is 29.1 Å². The monoisotopic (exact) mass is 268 g/mol.